The molecule has 1 aromatic heterocycles. The van der Waals surface area contributed by atoms with Gasteiger partial charge in [-0.05, 0) is 26.0 Å². The summed E-state index contributed by atoms with van der Waals surface area (Å²) in [5.74, 6) is -0.604. The molecular weight excluding hydrogens is 194 g/mol. The van der Waals surface area contributed by atoms with Crippen molar-refractivity contribution >= 4 is 11.8 Å². The van der Waals surface area contributed by atoms with Crippen LogP contribution in [0, 0.1) is 11.3 Å². The smallest absolute Gasteiger partial charge is 0.328 e. The molecule has 2 N–H and O–H groups in total. The normalized spacial score (nSPS) is 10.5. The number of nitrogens with zero attached hydrogens (tertiary/aromatic N) is 2. The minimum Gasteiger partial charge on any atom is -0.480 e. The number of carbonyl (C=O) groups is 1. The number of carboxylic acid groups (broad SMARTS) is 1. The highest BCUT2D eigenvalue weighted by Crippen LogP contribution is 2.13. The lowest BCUT2D eigenvalue weighted by atomic mass is 10.1. The van der Waals surface area contributed by atoms with E-state index in [0.717, 1.165) is 0 Å². The van der Waals surface area contributed by atoms with Gasteiger partial charge in [-0.25, -0.2) is 9.78 Å². The topological polar surface area (TPSA) is 86.0 Å². The van der Waals surface area contributed by atoms with E-state index in [1.807, 2.05) is 6.07 Å². The zero-order valence-electron chi connectivity index (χ0n) is 8.48. The van der Waals surface area contributed by atoms with Crippen molar-refractivity contribution in [1.29, 1.82) is 5.26 Å². The van der Waals surface area contributed by atoms with E-state index in [1.54, 1.807) is 18.2 Å². The van der Waals surface area contributed by atoms with Crippen LogP contribution in [0.15, 0.2) is 18.2 Å². The Morgan fingerprint density at radius 1 is 1.60 bits per heavy atom. The number of aliphatic carboxylic acids is 1. The Bertz CT molecular complexity index is 421. The van der Waals surface area contributed by atoms with Crippen molar-refractivity contribution in [2.24, 2.45) is 0 Å². The molecule has 0 aliphatic heterocycles. The molecule has 1 aromatic rings. The quantitative estimate of drug-likeness (QED) is 0.775. The van der Waals surface area contributed by atoms with Crippen LogP contribution in [-0.4, -0.2) is 21.6 Å². The summed E-state index contributed by atoms with van der Waals surface area (Å²) in [6.45, 7) is 3.05. The van der Waals surface area contributed by atoms with Crippen LogP contribution >= 0.6 is 0 Å². The second-order valence-corrected chi connectivity index (χ2v) is 3.58. The number of hydrogen-bond acceptors (Lipinski definition) is 4. The monoisotopic (exact) mass is 205 g/mol. The number of hydrogen-bond donors (Lipinski definition) is 2. The van der Waals surface area contributed by atoms with E-state index in [4.69, 9.17) is 10.4 Å². The highest BCUT2D eigenvalue weighted by atomic mass is 16.4. The largest absolute Gasteiger partial charge is 0.480 e. The first kappa shape index (κ1) is 11.0. The number of nitriles is 1. The van der Waals surface area contributed by atoms with Crippen molar-refractivity contribution in [3.63, 3.8) is 0 Å². The molecule has 1 rings (SSSR count). The molecule has 0 fully saturated rings. The Balaban J connectivity index is 2.91. The molecule has 5 nitrogen and oxygen atoms in total. The van der Waals surface area contributed by atoms with Gasteiger partial charge in [0.05, 0.1) is 0 Å². The van der Waals surface area contributed by atoms with Crippen molar-refractivity contribution in [2.45, 2.75) is 19.4 Å². The molecule has 0 bridgehead atoms. The fraction of sp³-hybridized carbons (Fsp3) is 0.300. The van der Waals surface area contributed by atoms with Gasteiger partial charge >= 0.3 is 5.97 Å². The van der Waals surface area contributed by atoms with Crippen LogP contribution in [0.5, 0.6) is 0 Å². The third-order valence-corrected chi connectivity index (χ3v) is 1.84. The van der Waals surface area contributed by atoms with Crippen molar-refractivity contribution in [3.8, 4) is 6.07 Å². The predicted octanol–water partition coefficient (Wildman–Crippen LogP) is 1.23. The summed E-state index contributed by atoms with van der Waals surface area (Å²) in [5.41, 5.74) is -0.859. The molecule has 0 aromatic carbocycles. The second kappa shape index (κ2) is 3.96. The van der Waals surface area contributed by atoms with Gasteiger partial charge in [0.15, 0.2) is 0 Å². The number of anilines is 1. The van der Waals surface area contributed by atoms with Gasteiger partial charge in [-0.2, -0.15) is 5.26 Å². The molecule has 0 radical (unpaired) electrons. The average molecular weight is 205 g/mol. The third-order valence-electron chi connectivity index (χ3n) is 1.84. The molecule has 78 valence electrons. The average Bonchev–Trinajstić information content (AvgIpc) is 2.17. The fourth-order valence-electron chi connectivity index (χ4n) is 0.940. The summed E-state index contributed by atoms with van der Waals surface area (Å²) >= 11 is 0. The van der Waals surface area contributed by atoms with Crippen LogP contribution in [0.25, 0.3) is 0 Å². The van der Waals surface area contributed by atoms with E-state index < -0.39 is 11.5 Å². The van der Waals surface area contributed by atoms with Crippen molar-refractivity contribution in [1.82, 2.24) is 4.98 Å². The Hall–Kier alpha value is -2.09. The van der Waals surface area contributed by atoms with Gasteiger partial charge in [-0.3, -0.25) is 0 Å². The maximum absolute atomic E-state index is 10.8. The molecule has 0 saturated carbocycles. The first-order chi connectivity index (χ1) is 6.95. The Kier molecular flexibility index (Phi) is 2.90. The zero-order valence-corrected chi connectivity index (χ0v) is 8.48. The third kappa shape index (κ3) is 2.68. The summed E-state index contributed by atoms with van der Waals surface area (Å²) in [7, 11) is 0. The van der Waals surface area contributed by atoms with E-state index in [-0.39, 0.29) is 5.69 Å². The predicted molar refractivity (Wildman–Crippen MR) is 54.3 cm³/mol. The molecule has 0 amide bonds. The van der Waals surface area contributed by atoms with Gasteiger partial charge in [0.1, 0.15) is 23.1 Å². The number of nitrogens with one attached hydrogen (secondary N) is 1. The summed E-state index contributed by atoms with van der Waals surface area (Å²) in [6.07, 6.45) is 0. The van der Waals surface area contributed by atoms with Crippen LogP contribution in [0.3, 0.4) is 0 Å². The van der Waals surface area contributed by atoms with Gasteiger partial charge in [-0.1, -0.05) is 6.07 Å². The summed E-state index contributed by atoms with van der Waals surface area (Å²) in [5, 5.41) is 20.2. The molecule has 5 heteroatoms. The number of rotatable bonds is 3. The van der Waals surface area contributed by atoms with Gasteiger partial charge in [0, 0.05) is 0 Å². The zero-order chi connectivity index (χ0) is 11.5. The molecule has 0 spiro atoms. The molecule has 0 atom stereocenters. The summed E-state index contributed by atoms with van der Waals surface area (Å²) < 4.78 is 0. The highest BCUT2D eigenvalue weighted by molar-refractivity contribution is 5.81. The summed E-state index contributed by atoms with van der Waals surface area (Å²) in [6, 6.07) is 6.70. The molecule has 0 unspecified atom stereocenters. The van der Waals surface area contributed by atoms with Crippen LogP contribution < -0.4 is 5.32 Å². The van der Waals surface area contributed by atoms with Crippen LogP contribution in [0.4, 0.5) is 5.82 Å². The standard InChI is InChI=1S/C10H11N3O2/c1-10(2,9(14)15)13-8-5-3-4-7(6-11)12-8/h3-5H,1-2H3,(H,12,13)(H,14,15). The van der Waals surface area contributed by atoms with E-state index in [2.05, 4.69) is 10.3 Å². The highest BCUT2D eigenvalue weighted by Gasteiger charge is 2.26. The molecule has 15 heavy (non-hydrogen) atoms. The fourth-order valence-corrected chi connectivity index (χ4v) is 0.940. The van der Waals surface area contributed by atoms with Crippen LogP contribution in [0.2, 0.25) is 0 Å². The maximum Gasteiger partial charge on any atom is 0.328 e. The van der Waals surface area contributed by atoms with Gasteiger partial charge in [0.25, 0.3) is 0 Å². The van der Waals surface area contributed by atoms with Crippen molar-refractivity contribution in [2.75, 3.05) is 5.32 Å². The van der Waals surface area contributed by atoms with E-state index in [9.17, 15) is 4.79 Å². The second-order valence-electron chi connectivity index (χ2n) is 3.58. The minimum atomic E-state index is -1.11. The van der Waals surface area contributed by atoms with Gasteiger partial charge < -0.3 is 10.4 Å². The first-order valence-corrected chi connectivity index (χ1v) is 4.34. The van der Waals surface area contributed by atoms with Gasteiger partial charge in [0.2, 0.25) is 0 Å². The van der Waals surface area contributed by atoms with Crippen molar-refractivity contribution in [3.05, 3.63) is 23.9 Å². The van der Waals surface area contributed by atoms with Crippen LogP contribution in [0.1, 0.15) is 19.5 Å². The maximum atomic E-state index is 10.8. The molecule has 0 aliphatic rings. The van der Waals surface area contributed by atoms with Crippen LogP contribution in [-0.2, 0) is 4.79 Å². The van der Waals surface area contributed by atoms with Gasteiger partial charge in [-0.15, -0.1) is 0 Å². The first-order valence-electron chi connectivity index (χ1n) is 4.34. The lowest BCUT2D eigenvalue weighted by molar-refractivity contribution is -0.141. The van der Waals surface area contributed by atoms with Crippen molar-refractivity contribution < 1.29 is 9.90 Å². The van der Waals surface area contributed by atoms with E-state index in [0.29, 0.717) is 5.82 Å². The molecular formula is C10H11N3O2. The van der Waals surface area contributed by atoms with E-state index in [1.165, 1.54) is 13.8 Å². The molecule has 1 heterocycles. The SMILES string of the molecule is CC(C)(Nc1cccc(C#N)n1)C(=O)O. The molecule has 0 aliphatic carbocycles. The Morgan fingerprint density at radius 2 is 2.27 bits per heavy atom. The number of aromatic nitrogens is 1. The minimum absolute atomic E-state index is 0.251. The number of pyridine rings is 1. The lowest BCUT2D eigenvalue weighted by Crippen LogP contribution is -2.40. The summed E-state index contributed by atoms with van der Waals surface area (Å²) in [4.78, 5) is 14.7. The molecule has 0 saturated heterocycles. The lowest BCUT2D eigenvalue weighted by Gasteiger charge is -2.21. The van der Waals surface area contributed by atoms with E-state index >= 15 is 0 Å². The Labute approximate surface area is 87.4 Å². The number of carboxylic acids is 1. The Morgan fingerprint density at radius 3 is 2.80 bits per heavy atom.